The highest BCUT2D eigenvalue weighted by atomic mass is 79.9. The molecule has 0 spiro atoms. The Labute approximate surface area is 166 Å². The summed E-state index contributed by atoms with van der Waals surface area (Å²) in [5.41, 5.74) is 0.679. The summed E-state index contributed by atoms with van der Waals surface area (Å²) in [6.45, 7) is 0. The minimum absolute atomic E-state index is 0.0156. The lowest BCUT2D eigenvalue weighted by molar-refractivity contribution is -0.137. The smallest absolute Gasteiger partial charge is 0.298 e. The maximum absolute atomic E-state index is 13.1. The summed E-state index contributed by atoms with van der Waals surface area (Å²) in [4.78, 5) is 29.9. The number of carbonyl (C=O) groups is 2. The van der Waals surface area contributed by atoms with E-state index in [0.29, 0.717) is 29.8 Å². The summed E-state index contributed by atoms with van der Waals surface area (Å²) in [7, 11) is 0. The van der Waals surface area contributed by atoms with Gasteiger partial charge in [0.1, 0.15) is 10.9 Å². The standard InChI is InChI=1S/C19H15BrF3NO2S/c20-12-5-3-9(4-6-12)18-24-15(13(27-18)8-19(21,22)23)14-16(25)10-1-2-11(7-10)17(14)26/h3-6,10-11,14H,1-2,7-8H2/t10-,11+,14?. The average molecular weight is 458 g/mol. The van der Waals surface area contributed by atoms with Crippen LogP contribution in [0, 0.1) is 11.8 Å². The molecule has 2 aliphatic carbocycles. The van der Waals surface area contributed by atoms with Crippen molar-refractivity contribution in [1.29, 1.82) is 0 Å². The summed E-state index contributed by atoms with van der Waals surface area (Å²) in [5, 5.41) is 0.398. The minimum Gasteiger partial charge on any atom is -0.298 e. The van der Waals surface area contributed by atoms with Crippen molar-refractivity contribution < 1.29 is 22.8 Å². The molecule has 0 aliphatic heterocycles. The van der Waals surface area contributed by atoms with Gasteiger partial charge in [-0.25, -0.2) is 4.98 Å². The van der Waals surface area contributed by atoms with E-state index in [9.17, 15) is 22.8 Å². The second-order valence-electron chi connectivity index (χ2n) is 7.07. The number of benzene rings is 1. The van der Waals surface area contributed by atoms with E-state index in [1.807, 2.05) is 0 Å². The van der Waals surface area contributed by atoms with Crippen LogP contribution in [0.2, 0.25) is 0 Å². The van der Waals surface area contributed by atoms with Gasteiger partial charge in [0, 0.05) is 26.7 Å². The van der Waals surface area contributed by atoms with Crippen molar-refractivity contribution >= 4 is 38.8 Å². The molecule has 0 saturated heterocycles. The highest BCUT2D eigenvalue weighted by Gasteiger charge is 2.49. The molecule has 1 aromatic heterocycles. The van der Waals surface area contributed by atoms with Crippen LogP contribution in [0.4, 0.5) is 13.2 Å². The number of rotatable bonds is 3. The Balaban J connectivity index is 1.79. The summed E-state index contributed by atoms with van der Waals surface area (Å²) < 4.78 is 40.2. The average Bonchev–Trinajstić information content (AvgIpc) is 3.19. The van der Waals surface area contributed by atoms with Gasteiger partial charge >= 0.3 is 6.18 Å². The van der Waals surface area contributed by atoms with Crippen LogP contribution >= 0.6 is 27.3 Å². The van der Waals surface area contributed by atoms with Gasteiger partial charge in [-0.2, -0.15) is 13.2 Å². The molecular formula is C19H15BrF3NO2S. The van der Waals surface area contributed by atoms with Gasteiger partial charge in [-0.3, -0.25) is 9.59 Å². The molecule has 2 aromatic rings. The molecular weight excluding hydrogens is 443 g/mol. The first-order valence-corrected chi connectivity index (χ1v) is 10.2. The lowest BCUT2D eigenvalue weighted by Crippen LogP contribution is -2.35. The van der Waals surface area contributed by atoms with Crippen LogP contribution in [-0.4, -0.2) is 22.7 Å². The van der Waals surface area contributed by atoms with Crippen LogP contribution in [0.15, 0.2) is 28.7 Å². The molecule has 2 saturated carbocycles. The van der Waals surface area contributed by atoms with Crippen molar-refractivity contribution in [3.8, 4) is 10.6 Å². The second-order valence-corrected chi connectivity index (χ2v) is 9.07. The molecule has 2 fully saturated rings. The second kappa shape index (κ2) is 6.81. The minimum atomic E-state index is -4.43. The Hall–Kier alpha value is -1.54. The molecule has 1 aromatic carbocycles. The SMILES string of the molecule is O=C1C(c2nc(-c3ccc(Br)cc3)sc2CC(F)(F)F)C(=O)[C@H]2CC[C@@H]1C2. The monoisotopic (exact) mass is 457 g/mol. The highest BCUT2D eigenvalue weighted by molar-refractivity contribution is 9.10. The third kappa shape index (κ3) is 3.61. The van der Waals surface area contributed by atoms with Crippen LogP contribution in [0.1, 0.15) is 35.8 Å². The van der Waals surface area contributed by atoms with Gasteiger partial charge in [-0.15, -0.1) is 11.3 Å². The fraction of sp³-hybridized carbons (Fsp3) is 0.421. The number of hydrogen-bond acceptors (Lipinski definition) is 4. The highest BCUT2D eigenvalue weighted by Crippen LogP contribution is 2.46. The van der Waals surface area contributed by atoms with E-state index in [1.165, 1.54) is 0 Å². The molecule has 0 N–H and O–H groups in total. The number of Topliss-reactive ketones (excluding diaryl/α,β-unsaturated/α-hetero) is 2. The molecule has 3 nitrogen and oxygen atoms in total. The first kappa shape index (κ1) is 18.8. The van der Waals surface area contributed by atoms with E-state index in [1.54, 1.807) is 24.3 Å². The number of thiazole rings is 1. The Bertz CT molecular complexity index is 885. The number of ketones is 2. The van der Waals surface area contributed by atoms with Crippen molar-refractivity contribution in [2.24, 2.45) is 11.8 Å². The number of nitrogens with zero attached hydrogens (tertiary/aromatic N) is 1. The summed E-state index contributed by atoms with van der Waals surface area (Å²) in [5.74, 6) is -2.12. The Morgan fingerprint density at radius 1 is 1.07 bits per heavy atom. The molecule has 4 rings (SSSR count). The molecule has 0 amide bonds. The number of alkyl halides is 3. The molecule has 2 aliphatic rings. The number of aromatic nitrogens is 1. The molecule has 3 atom stereocenters. The van der Waals surface area contributed by atoms with Crippen molar-refractivity contribution in [3.63, 3.8) is 0 Å². The zero-order valence-electron chi connectivity index (χ0n) is 14.1. The van der Waals surface area contributed by atoms with Crippen LogP contribution in [0.25, 0.3) is 10.6 Å². The number of carbonyl (C=O) groups excluding carboxylic acids is 2. The van der Waals surface area contributed by atoms with Gasteiger partial charge < -0.3 is 0 Å². The fourth-order valence-electron chi connectivity index (χ4n) is 3.99. The topological polar surface area (TPSA) is 47.0 Å². The third-order valence-electron chi connectivity index (χ3n) is 5.26. The zero-order chi connectivity index (χ0) is 19.3. The maximum atomic E-state index is 13.1. The van der Waals surface area contributed by atoms with Crippen molar-refractivity contribution in [3.05, 3.63) is 39.3 Å². The van der Waals surface area contributed by atoms with Crippen LogP contribution in [0.3, 0.4) is 0 Å². The van der Waals surface area contributed by atoms with E-state index >= 15 is 0 Å². The molecule has 2 bridgehead atoms. The van der Waals surface area contributed by atoms with Gasteiger partial charge in [0.05, 0.1) is 12.1 Å². The summed E-state index contributed by atoms with van der Waals surface area (Å²) in [6, 6.07) is 7.05. The Morgan fingerprint density at radius 2 is 1.67 bits per heavy atom. The lowest BCUT2D eigenvalue weighted by Gasteiger charge is -2.25. The zero-order valence-corrected chi connectivity index (χ0v) is 16.5. The third-order valence-corrected chi connectivity index (χ3v) is 6.91. The van der Waals surface area contributed by atoms with Crippen LogP contribution < -0.4 is 0 Å². The number of fused-ring (bicyclic) bond motifs is 2. The van der Waals surface area contributed by atoms with E-state index in [-0.39, 0.29) is 34.0 Å². The van der Waals surface area contributed by atoms with Gasteiger partial charge in [0.25, 0.3) is 0 Å². The number of halogens is 4. The molecule has 0 radical (unpaired) electrons. The largest absolute Gasteiger partial charge is 0.393 e. The van der Waals surface area contributed by atoms with Gasteiger partial charge in [-0.1, -0.05) is 28.1 Å². The number of hydrogen-bond donors (Lipinski definition) is 0. The Kier molecular flexibility index (Phi) is 4.74. The van der Waals surface area contributed by atoms with Gasteiger partial charge in [0.15, 0.2) is 11.6 Å². The van der Waals surface area contributed by atoms with E-state index in [0.717, 1.165) is 15.8 Å². The van der Waals surface area contributed by atoms with Crippen LogP contribution in [-0.2, 0) is 16.0 Å². The molecule has 142 valence electrons. The predicted molar refractivity (Wildman–Crippen MR) is 98.6 cm³/mol. The molecule has 1 heterocycles. The maximum Gasteiger partial charge on any atom is 0.393 e. The van der Waals surface area contributed by atoms with Crippen molar-refractivity contribution in [2.75, 3.05) is 0 Å². The normalized spacial score (nSPS) is 25.3. The predicted octanol–water partition coefficient (Wildman–Crippen LogP) is 5.33. The lowest BCUT2D eigenvalue weighted by atomic mass is 9.77. The first-order chi connectivity index (χ1) is 12.7. The van der Waals surface area contributed by atoms with Gasteiger partial charge in [-0.05, 0) is 31.4 Å². The van der Waals surface area contributed by atoms with E-state index < -0.39 is 18.5 Å². The van der Waals surface area contributed by atoms with Gasteiger partial charge in [0.2, 0.25) is 0 Å². The van der Waals surface area contributed by atoms with E-state index in [4.69, 9.17) is 0 Å². The molecule has 8 heteroatoms. The summed E-state index contributed by atoms with van der Waals surface area (Å²) >= 11 is 4.24. The molecule has 27 heavy (non-hydrogen) atoms. The first-order valence-electron chi connectivity index (χ1n) is 8.62. The summed E-state index contributed by atoms with van der Waals surface area (Å²) in [6.07, 6.45) is -3.79. The molecule has 1 unspecified atom stereocenters. The van der Waals surface area contributed by atoms with Crippen molar-refractivity contribution in [1.82, 2.24) is 4.98 Å². The van der Waals surface area contributed by atoms with E-state index in [2.05, 4.69) is 20.9 Å². The van der Waals surface area contributed by atoms with Crippen molar-refractivity contribution in [2.45, 2.75) is 37.8 Å². The quantitative estimate of drug-likeness (QED) is 0.585. The fourth-order valence-corrected chi connectivity index (χ4v) is 5.39. The van der Waals surface area contributed by atoms with Crippen LogP contribution in [0.5, 0.6) is 0 Å². The Morgan fingerprint density at radius 3 is 2.22 bits per heavy atom.